The third kappa shape index (κ3) is 5.97. The first kappa shape index (κ1) is 20.7. The van der Waals surface area contributed by atoms with Gasteiger partial charge >= 0.3 is 12.3 Å². The van der Waals surface area contributed by atoms with Gasteiger partial charge < -0.3 is 14.8 Å². The second kappa shape index (κ2) is 8.97. The predicted molar refractivity (Wildman–Crippen MR) is 96.6 cm³/mol. The average molecular weight is 408 g/mol. The van der Waals surface area contributed by atoms with Gasteiger partial charge in [-0.3, -0.25) is 10.0 Å². The van der Waals surface area contributed by atoms with E-state index in [2.05, 4.69) is 10.1 Å². The lowest BCUT2D eigenvalue weighted by Crippen LogP contribution is -2.21. The third-order valence-corrected chi connectivity index (χ3v) is 4.25. The highest BCUT2D eigenvalue weighted by atomic mass is 19.4. The number of hydrogen-bond acceptors (Lipinski definition) is 5. The molecule has 0 aliphatic carbocycles. The Labute approximate surface area is 164 Å². The van der Waals surface area contributed by atoms with Crippen LogP contribution in [0.1, 0.15) is 29.2 Å². The Hall–Kier alpha value is -3.04. The number of halogens is 3. The van der Waals surface area contributed by atoms with Gasteiger partial charge in [-0.15, -0.1) is 13.2 Å². The van der Waals surface area contributed by atoms with Crippen molar-refractivity contribution in [2.45, 2.75) is 32.0 Å². The Morgan fingerprint density at radius 1 is 1.14 bits per heavy atom. The van der Waals surface area contributed by atoms with Crippen LogP contribution < -0.4 is 15.5 Å². The van der Waals surface area contributed by atoms with Gasteiger partial charge in [0.25, 0.3) is 0 Å². The van der Waals surface area contributed by atoms with E-state index in [1.165, 1.54) is 23.7 Å². The Morgan fingerprint density at radius 3 is 2.55 bits per heavy atom. The van der Waals surface area contributed by atoms with Crippen molar-refractivity contribution in [3.05, 3.63) is 77.1 Å². The van der Waals surface area contributed by atoms with E-state index in [4.69, 9.17) is 9.94 Å². The number of alkyl halides is 3. The molecule has 6 nitrogen and oxygen atoms in total. The summed E-state index contributed by atoms with van der Waals surface area (Å²) in [6.45, 7) is 0.901. The number of carbonyl (C=O) groups is 1. The van der Waals surface area contributed by atoms with Crippen LogP contribution >= 0.6 is 0 Å². The number of ether oxygens (including phenoxy) is 2. The molecule has 0 spiro atoms. The summed E-state index contributed by atoms with van der Waals surface area (Å²) in [6, 6.07) is 13.4. The summed E-state index contributed by atoms with van der Waals surface area (Å²) < 4.78 is 46.3. The molecule has 0 saturated heterocycles. The van der Waals surface area contributed by atoms with Crippen LogP contribution in [0.3, 0.4) is 0 Å². The number of nitrogens with one attached hydrogen (secondary N) is 2. The zero-order valence-electron chi connectivity index (χ0n) is 15.2. The molecule has 0 bridgehead atoms. The number of carbonyl (C=O) groups excluding carboxylic acids is 1. The minimum Gasteiger partial charge on any atom is -0.480 e. The average Bonchev–Trinajstić information content (AvgIpc) is 3.17. The standard InChI is InChI=1S/C20H19F3N2O4/c21-20(22,23)29-16-3-1-2-14(10-16)12-24-11-13-4-6-15(7-5-13)17-8-9-18(28-17)19(26)25-27/h1-7,9-10,17,24,27H,8,11-12H2,(H,25,26). The molecule has 29 heavy (non-hydrogen) atoms. The maximum atomic E-state index is 12.3. The van der Waals surface area contributed by atoms with Gasteiger partial charge in [0, 0.05) is 19.5 Å². The van der Waals surface area contributed by atoms with Gasteiger partial charge in [0.05, 0.1) is 0 Å². The van der Waals surface area contributed by atoms with Gasteiger partial charge in [0.1, 0.15) is 11.9 Å². The first-order valence-electron chi connectivity index (χ1n) is 8.79. The number of rotatable bonds is 7. The number of hydroxylamine groups is 1. The van der Waals surface area contributed by atoms with Gasteiger partial charge in [-0.25, -0.2) is 5.48 Å². The van der Waals surface area contributed by atoms with Crippen LogP contribution in [0.5, 0.6) is 5.75 Å². The summed E-state index contributed by atoms with van der Waals surface area (Å²) in [5.74, 6) is -0.849. The first-order chi connectivity index (χ1) is 13.8. The molecule has 0 saturated carbocycles. The molecule has 3 rings (SSSR count). The van der Waals surface area contributed by atoms with Crippen molar-refractivity contribution < 1.29 is 32.6 Å². The van der Waals surface area contributed by atoms with E-state index >= 15 is 0 Å². The lowest BCUT2D eigenvalue weighted by atomic mass is 10.1. The van der Waals surface area contributed by atoms with Gasteiger partial charge in [0.15, 0.2) is 5.76 Å². The smallest absolute Gasteiger partial charge is 0.480 e. The van der Waals surface area contributed by atoms with Crippen molar-refractivity contribution in [1.82, 2.24) is 10.8 Å². The van der Waals surface area contributed by atoms with E-state index in [0.29, 0.717) is 25.1 Å². The Balaban J connectivity index is 1.49. The van der Waals surface area contributed by atoms with Crippen molar-refractivity contribution in [1.29, 1.82) is 0 Å². The topological polar surface area (TPSA) is 79.8 Å². The summed E-state index contributed by atoms with van der Waals surface area (Å²) in [6.07, 6.45) is -2.87. The molecule has 1 aliphatic heterocycles. The second-order valence-corrected chi connectivity index (χ2v) is 6.39. The largest absolute Gasteiger partial charge is 0.573 e. The van der Waals surface area contributed by atoms with Crippen molar-refractivity contribution >= 4 is 5.91 Å². The second-order valence-electron chi connectivity index (χ2n) is 6.39. The van der Waals surface area contributed by atoms with Crippen molar-refractivity contribution in [2.24, 2.45) is 0 Å². The van der Waals surface area contributed by atoms with Crippen molar-refractivity contribution in [2.75, 3.05) is 0 Å². The minimum absolute atomic E-state index is 0.0833. The quantitative estimate of drug-likeness (QED) is 0.481. The van der Waals surface area contributed by atoms with Crippen LogP contribution in [0.2, 0.25) is 0 Å². The Kier molecular flexibility index (Phi) is 6.40. The highest BCUT2D eigenvalue weighted by Gasteiger charge is 2.31. The van der Waals surface area contributed by atoms with Crippen LogP contribution in [-0.4, -0.2) is 17.5 Å². The van der Waals surface area contributed by atoms with Gasteiger partial charge in [-0.1, -0.05) is 36.4 Å². The number of hydrogen-bond donors (Lipinski definition) is 3. The molecule has 1 heterocycles. The molecule has 2 aromatic carbocycles. The van der Waals surface area contributed by atoms with Crippen molar-refractivity contribution in [3.8, 4) is 5.75 Å². The highest BCUT2D eigenvalue weighted by Crippen LogP contribution is 2.31. The van der Waals surface area contributed by atoms with Gasteiger partial charge in [-0.05, 0) is 34.9 Å². The van der Waals surface area contributed by atoms with E-state index in [-0.39, 0.29) is 17.6 Å². The van der Waals surface area contributed by atoms with Crippen molar-refractivity contribution in [3.63, 3.8) is 0 Å². The molecule has 0 radical (unpaired) electrons. The van der Waals surface area contributed by atoms with E-state index in [1.54, 1.807) is 12.1 Å². The summed E-state index contributed by atoms with van der Waals surface area (Å²) in [7, 11) is 0. The molecule has 3 N–H and O–H groups in total. The van der Waals surface area contributed by atoms with E-state index in [9.17, 15) is 18.0 Å². The molecule has 2 aromatic rings. The summed E-state index contributed by atoms with van der Waals surface area (Å²) >= 11 is 0. The zero-order valence-corrected chi connectivity index (χ0v) is 15.2. The monoisotopic (exact) mass is 408 g/mol. The molecule has 1 atom stereocenters. The maximum absolute atomic E-state index is 12.3. The molecule has 0 fully saturated rings. The van der Waals surface area contributed by atoms with E-state index < -0.39 is 12.3 Å². The fourth-order valence-electron chi connectivity index (χ4n) is 2.92. The van der Waals surface area contributed by atoms with Gasteiger partial charge in [0.2, 0.25) is 0 Å². The molecule has 1 unspecified atom stereocenters. The number of benzene rings is 2. The molecule has 154 valence electrons. The lowest BCUT2D eigenvalue weighted by molar-refractivity contribution is -0.274. The number of amides is 1. The fourth-order valence-corrected chi connectivity index (χ4v) is 2.92. The summed E-state index contributed by atoms with van der Waals surface area (Å²) in [5.41, 5.74) is 4.08. The molecular weight excluding hydrogens is 389 g/mol. The highest BCUT2D eigenvalue weighted by molar-refractivity contribution is 5.90. The normalized spacial score (nSPS) is 16.1. The first-order valence-corrected chi connectivity index (χ1v) is 8.79. The molecule has 1 aliphatic rings. The molecule has 1 amide bonds. The predicted octanol–water partition coefficient (Wildman–Crippen LogP) is 3.73. The van der Waals surface area contributed by atoms with Crippen LogP contribution in [0.25, 0.3) is 0 Å². The minimum atomic E-state index is -4.71. The van der Waals surface area contributed by atoms with Crippen LogP contribution in [-0.2, 0) is 22.6 Å². The van der Waals surface area contributed by atoms with Crippen LogP contribution in [0.4, 0.5) is 13.2 Å². The third-order valence-electron chi connectivity index (χ3n) is 4.25. The zero-order chi connectivity index (χ0) is 20.9. The Morgan fingerprint density at radius 2 is 1.86 bits per heavy atom. The molecule has 9 heteroatoms. The van der Waals surface area contributed by atoms with Crippen LogP contribution in [0, 0.1) is 0 Å². The molecule has 0 aromatic heterocycles. The summed E-state index contributed by atoms with van der Waals surface area (Å²) in [5, 5.41) is 11.8. The summed E-state index contributed by atoms with van der Waals surface area (Å²) in [4.78, 5) is 11.3. The van der Waals surface area contributed by atoms with Gasteiger partial charge in [-0.2, -0.15) is 0 Å². The Bertz CT molecular complexity index is 882. The SMILES string of the molecule is O=C(NO)C1=CCC(c2ccc(CNCc3cccc(OC(F)(F)F)c3)cc2)O1. The van der Waals surface area contributed by atoms with E-state index in [0.717, 1.165) is 11.1 Å². The fraction of sp³-hybridized carbons (Fsp3) is 0.250. The molecular formula is C20H19F3N2O4. The maximum Gasteiger partial charge on any atom is 0.573 e. The lowest BCUT2D eigenvalue weighted by Gasteiger charge is -2.14. The van der Waals surface area contributed by atoms with Crippen LogP contribution in [0.15, 0.2) is 60.4 Å². The van der Waals surface area contributed by atoms with E-state index in [1.807, 2.05) is 24.3 Å².